The number of piperazine rings is 1. The molecule has 13 heavy (non-hydrogen) atoms. The zero-order valence-electron chi connectivity index (χ0n) is 8.50. The van der Waals surface area contributed by atoms with Crippen LogP contribution in [0.4, 0.5) is 0 Å². The Kier molecular flexibility index (Phi) is 4.30. The first-order chi connectivity index (χ1) is 6.29. The van der Waals surface area contributed by atoms with E-state index in [1.54, 1.807) is 21.3 Å². The summed E-state index contributed by atoms with van der Waals surface area (Å²) in [6, 6.07) is 0. The molecule has 1 aliphatic rings. The highest BCUT2D eigenvalue weighted by molar-refractivity contribution is 6.57. The molecule has 1 saturated heterocycles. The largest absolute Gasteiger partial charge is 0.598 e. The summed E-state index contributed by atoms with van der Waals surface area (Å²) in [6.07, 6.45) is 0. The van der Waals surface area contributed by atoms with Crippen molar-refractivity contribution in [3.63, 3.8) is 0 Å². The van der Waals surface area contributed by atoms with Gasteiger partial charge in [0.15, 0.2) is 0 Å². The summed E-state index contributed by atoms with van der Waals surface area (Å²) in [5.41, 5.74) is 0. The molecule has 0 bridgehead atoms. The summed E-state index contributed by atoms with van der Waals surface area (Å²) < 4.78 is 18.3. The van der Waals surface area contributed by atoms with Gasteiger partial charge in [0.1, 0.15) is 0 Å². The summed E-state index contributed by atoms with van der Waals surface area (Å²) in [5.74, 6) is 0. The lowest BCUT2D eigenvalue weighted by Crippen LogP contribution is -2.64. The molecule has 0 aromatic carbocycles. The van der Waals surface area contributed by atoms with E-state index < -0.39 is 8.97 Å². The van der Waals surface area contributed by atoms with Gasteiger partial charge in [0.05, 0.1) is 0 Å². The summed E-state index contributed by atoms with van der Waals surface area (Å²) in [4.78, 5) is 0. The highest BCUT2D eigenvalue weighted by Crippen LogP contribution is 2.13. The Hall–Kier alpha value is 0.0169. The van der Waals surface area contributed by atoms with Crippen LogP contribution in [-0.2, 0) is 13.3 Å². The molecule has 0 spiro atoms. The molecule has 0 aliphatic carbocycles. The average molecular weight is 206 g/mol. The Balaban J connectivity index is 2.60. The Morgan fingerprint density at radius 2 is 1.46 bits per heavy atom. The van der Waals surface area contributed by atoms with Gasteiger partial charge in [-0.25, -0.2) is 0 Å². The molecule has 1 fully saturated rings. The summed E-state index contributed by atoms with van der Waals surface area (Å²) >= 11 is 0. The van der Waals surface area contributed by atoms with Crippen molar-refractivity contribution in [3.8, 4) is 0 Å². The van der Waals surface area contributed by atoms with Gasteiger partial charge >= 0.3 is 8.97 Å². The van der Waals surface area contributed by atoms with E-state index in [0.717, 1.165) is 26.2 Å². The van der Waals surface area contributed by atoms with E-state index in [9.17, 15) is 0 Å². The second kappa shape index (κ2) is 5.04. The van der Waals surface area contributed by atoms with Crippen LogP contribution in [0.5, 0.6) is 0 Å². The molecule has 5 nitrogen and oxygen atoms in total. The van der Waals surface area contributed by atoms with Gasteiger partial charge in [0.2, 0.25) is 0 Å². The van der Waals surface area contributed by atoms with Crippen molar-refractivity contribution in [2.24, 2.45) is 0 Å². The topological polar surface area (TPSA) is 43.0 Å². The SMILES string of the molecule is CO[Si](OC)(OC)N1CCNCC1. The molecular weight excluding hydrogens is 188 g/mol. The van der Waals surface area contributed by atoms with Crippen LogP contribution < -0.4 is 5.32 Å². The van der Waals surface area contributed by atoms with Crippen LogP contribution >= 0.6 is 0 Å². The molecule has 0 unspecified atom stereocenters. The van der Waals surface area contributed by atoms with Gasteiger partial charge in [-0.1, -0.05) is 0 Å². The lowest BCUT2D eigenvalue weighted by Gasteiger charge is -2.37. The second-order valence-electron chi connectivity index (χ2n) is 2.87. The van der Waals surface area contributed by atoms with Crippen LogP contribution in [0.1, 0.15) is 0 Å². The fraction of sp³-hybridized carbons (Fsp3) is 1.00. The smallest absolute Gasteiger partial charge is 0.364 e. The van der Waals surface area contributed by atoms with E-state index in [2.05, 4.69) is 9.88 Å². The molecule has 1 N–H and O–H groups in total. The lowest BCUT2D eigenvalue weighted by atomic mass is 10.4. The zero-order chi connectivity index (χ0) is 9.73. The average Bonchev–Trinajstić information content (AvgIpc) is 2.23. The predicted octanol–water partition coefficient (Wildman–Crippen LogP) is -0.734. The van der Waals surface area contributed by atoms with Crippen molar-refractivity contribution in [3.05, 3.63) is 0 Å². The summed E-state index contributed by atoms with van der Waals surface area (Å²) in [7, 11) is 2.40. The van der Waals surface area contributed by atoms with Gasteiger partial charge in [-0.3, -0.25) is 4.57 Å². The Bertz CT molecular complexity index is 140. The molecule has 6 heteroatoms. The van der Waals surface area contributed by atoms with E-state index in [-0.39, 0.29) is 0 Å². The number of hydrogen-bond acceptors (Lipinski definition) is 5. The maximum absolute atomic E-state index is 5.37. The number of nitrogens with one attached hydrogen (secondary N) is 1. The maximum Gasteiger partial charge on any atom is 0.598 e. The molecule has 0 aromatic rings. The first kappa shape index (κ1) is 11.1. The maximum atomic E-state index is 5.37. The minimum Gasteiger partial charge on any atom is -0.364 e. The number of nitrogens with zero attached hydrogens (tertiary/aromatic N) is 1. The van der Waals surface area contributed by atoms with Crippen molar-refractivity contribution >= 4 is 8.97 Å². The van der Waals surface area contributed by atoms with Crippen LogP contribution in [0.2, 0.25) is 0 Å². The Morgan fingerprint density at radius 1 is 1.00 bits per heavy atom. The Labute approximate surface area is 80.4 Å². The fourth-order valence-corrected chi connectivity index (χ4v) is 3.62. The second-order valence-corrected chi connectivity index (χ2v) is 5.78. The van der Waals surface area contributed by atoms with Crippen LogP contribution in [0, 0.1) is 0 Å². The van der Waals surface area contributed by atoms with Gasteiger partial charge in [0.25, 0.3) is 0 Å². The van der Waals surface area contributed by atoms with Crippen LogP contribution in [-0.4, -0.2) is 61.0 Å². The van der Waals surface area contributed by atoms with Gasteiger partial charge in [-0.05, 0) is 0 Å². The minimum atomic E-state index is -2.52. The normalized spacial score (nSPS) is 20.5. The molecule has 78 valence electrons. The van der Waals surface area contributed by atoms with Gasteiger partial charge in [-0.15, -0.1) is 0 Å². The predicted molar refractivity (Wildman–Crippen MR) is 51.2 cm³/mol. The third-order valence-corrected chi connectivity index (χ3v) is 5.05. The molecule has 0 radical (unpaired) electrons. The first-order valence-corrected chi connectivity index (χ1v) is 6.07. The van der Waals surface area contributed by atoms with E-state index >= 15 is 0 Å². The quantitative estimate of drug-likeness (QED) is 0.614. The third kappa shape index (κ3) is 2.28. The number of hydrogen-bond donors (Lipinski definition) is 1. The Morgan fingerprint density at radius 3 is 1.85 bits per heavy atom. The lowest BCUT2D eigenvalue weighted by molar-refractivity contribution is 0.0531. The van der Waals surface area contributed by atoms with E-state index in [1.165, 1.54) is 0 Å². The van der Waals surface area contributed by atoms with Gasteiger partial charge in [-0.2, -0.15) is 0 Å². The van der Waals surface area contributed by atoms with Crippen molar-refractivity contribution in [1.82, 2.24) is 9.88 Å². The van der Waals surface area contributed by atoms with E-state index in [1.807, 2.05) is 0 Å². The van der Waals surface area contributed by atoms with Crippen LogP contribution in [0.25, 0.3) is 0 Å². The van der Waals surface area contributed by atoms with E-state index in [0.29, 0.717) is 0 Å². The minimum absolute atomic E-state index is 0.918. The molecule has 0 saturated carbocycles. The fourth-order valence-electron chi connectivity index (χ4n) is 1.58. The first-order valence-electron chi connectivity index (χ1n) is 4.40. The van der Waals surface area contributed by atoms with Crippen molar-refractivity contribution in [2.45, 2.75) is 0 Å². The van der Waals surface area contributed by atoms with E-state index in [4.69, 9.17) is 13.3 Å². The highest BCUT2D eigenvalue weighted by atomic mass is 28.4. The third-order valence-electron chi connectivity index (χ3n) is 2.28. The molecule has 0 aromatic heterocycles. The monoisotopic (exact) mass is 206 g/mol. The zero-order valence-corrected chi connectivity index (χ0v) is 9.50. The van der Waals surface area contributed by atoms with Crippen molar-refractivity contribution in [1.29, 1.82) is 0 Å². The molecule has 0 amide bonds. The molecule has 1 aliphatic heterocycles. The molecule has 1 rings (SSSR count). The standard InChI is InChI=1S/C7H18N2O3Si/c1-10-13(11-2,12-3)9-6-4-8-5-7-9/h8H,4-7H2,1-3H3. The molecule has 0 atom stereocenters. The van der Waals surface area contributed by atoms with Crippen LogP contribution in [0.15, 0.2) is 0 Å². The van der Waals surface area contributed by atoms with Crippen LogP contribution in [0.3, 0.4) is 0 Å². The molecular formula is C7H18N2O3Si. The van der Waals surface area contributed by atoms with Crippen molar-refractivity contribution in [2.75, 3.05) is 47.5 Å². The molecule has 1 heterocycles. The number of rotatable bonds is 4. The van der Waals surface area contributed by atoms with Crippen molar-refractivity contribution < 1.29 is 13.3 Å². The highest BCUT2D eigenvalue weighted by Gasteiger charge is 2.46. The summed E-state index contributed by atoms with van der Waals surface area (Å²) in [6.45, 7) is 3.76. The van der Waals surface area contributed by atoms with Gasteiger partial charge in [0, 0.05) is 47.5 Å². The summed E-state index contributed by atoms with van der Waals surface area (Å²) in [5, 5.41) is 3.27. The van der Waals surface area contributed by atoms with Gasteiger partial charge < -0.3 is 18.6 Å².